The summed E-state index contributed by atoms with van der Waals surface area (Å²) in [7, 11) is 0. The summed E-state index contributed by atoms with van der Waals surface area (Å²) in [5.41, 5.74) is 1.09. The van der Waals surface area contributed by atoms with E-state index in [0.29, 0.717) is 0 Å². The molecule has 0 spiro atoms. The van der Waals surface area contributed by atoms with E-state index in [0.717, 1.165) is 12.8 Å². The number of amides is 1. The maximum atomic E-state index is 11.4. The molecule has 0 saturated heterocycles. The summed E-state index contributed by atoms with van der Waals surface area (Å²) >= 11 is 0. The number of ether oxygens (including phenoxy) is 1. The van der Waals surface area contributed by atoms with Crippen molar-refractivity contribution in [3.8, 4) is 0 Å². The number of nitrogens with one attached hydrogen (secondary N) is 1. The second-order valence-electron chi connectivity index (χ2n) is 4.21. The van der Waals surface area contributed by atoms with E-state index in [9.17, 15) is 9.59 Å². The summed E-state index contributed by atoms with van der Waals surface area (Å²) in [6, 6.07) is 0. The number of hydrogen-bond acceptors (Lipinski definition) is 4. The molecule has 0 unspecified atom stereocenters. The van der Waals surface area contributed by atoms with Crippen LogP contribution in [0.4, 0.5) is 4.79 Å². The van der Waals surface area contributed by atoms with E-state index in [4.69, 9.17) is 10.6 Å². The third kappa shape index (κ3) is 3.33. The standard InChI is InChI=1S/C9H16N2O3/c1-9(2,14-8(13)11-10)5-7(12)6-3-4-6/h6H,3-5,10H2,1-2H3,(H,11,13). The van der Waals surface area contributed by atoms with Gasteiger partial charge in [0.1, 0.15) is 11.4 Å². The van der Waals surface area contributed by atoms with Gasteiger partial charge in [0.05, 0.1) is 0 Å². The lowest BCUT2D eigenvalue weighted by Crippen LogP contribution is -2.39. The molecule has 0 aromatic rings. The van der Waals surface area contributed by atoms with Crippen LogP contribution in [0.25, 0.3) is 0 Å². The number of nitrogens with two attached hydrogens (primary N) is 1. The summed E-state index contributed by atoms with van der Waals surface area (Å²) < 4.78 is 4.94. The quantitative estimate of drug-likeness (QED) is 0.398. The van der Waals surface area contributed by atoms with Crippen molar-refractivity contribution >= 4 is 11.9 Å². The molecule has 5 heteroatoms. The Morgan fingerprint density at radius 3 is 2.50 bits per heavy atom. The Morgan fingerprint density at radius 2 is 2.07 bits per heavy atom. The number of hydrazine groups is 1. The third-order valence-corrected chi connectivity index (χ3v) is 2.12. The van der Waals surface area contributed by atoms with E-state index >= 15 is 0 Å². The van der Waals surface area contributed by atoms with Gasteiger partial charge in [-0.05, 0) is 26.7 Å². The number of Topliss-reactive ketones (excluding diaryl/α,β-unsaturated/α-hetero) is 1. The van der Waals surface area contributed by atoms with Crippen molar-refractivity contribution in [3.63, 3.8) is 0 Å². The zero-order valence-corrected chi connectivity index (χ0v) is 8.50. The van der Waals surface area contributed by atoms with Crippen molar-refractivity contribution in [1.82, 2.24) is 5.43 Å². The fourth-order valence-electron chi connectivity index (χ4n) is 1.29. The van der Waals surface area contributed by atoms with Crippen molar-refractivity contribution in [1.29, 1.82) is 0 Å². The van der Waals surface area contributed by atoms with Crippen LogP contribution in [0.2, 0.25) is 0 Å². The Labute approximate surface area is 82.9 Å². The molecule has 1 saturated carbocycles. The summed E-state index contributed by atoms with van der Waals surface area (Å²) in [6.45, 7) is 3.39. The van der Waals surface area contributed by atoms with Gasteiger partial charge in [-0.3, -0.25) is 10.2 Å². The van der Waals surface area contributed by atoms with Crippen LogP contribution in [-0.2, 0) is 9.53 Å². The molecule has 1 amide bonds. The van der Waals surface area contributed by atoms with Crippen molar-refractivity contribution in [3.05, 3.63) is 0 Å². The van der Waals surface area contributed by atoms with Gasteiger partial charge in [-0.25, -0.2) is 10.6 Å². The first kappa shape index (κ1) is 11.0. The average Bonchev–Trinajstić information content (AvgIpc) is 2.84. The Bertz CT molecular complexity index is 246. The highest BCUT2D eigenvalue weighted by atomic mass is 16.6. The molecule has 5 nitrogen and oxygen atoms in total. The molecule has 0 atom stereocenters. The second-order valence-corrected chi connectivity index (χ2v) is 4.21. The molecule has 0 aromatic heterocycles. The van der Waals surface area contributed by atoms with Crippen LogP contribution in [0.5, 0.6) is 0 Å². The van der Waals surface area contributed by atoms with Crippen molar-refractivity contribution in [2.24, 2.45) is 11.8 Å². The van der Waals surface area contributed by atoms with E-state index < -0.39 is 11.7 Å². The first-order chi connectivity index (χ1) is 6.44. The van der Waals surface area contributed by atoms with Crippen LogP contribution in [0.3, 0.4) is 0 Å². The smallest absolute Gasteiger partial charge is 0.421 e. The zero-order valence-electron chi connectivity index (χ0n) is 8.50. The molecule has 1 rings (SSSR count). The average molecular weight is 200 g/mol. The molecule has 80 valence electrons. The molecule has 0 aliphatic heterocycles. The second kappa shape index (κ2) is 3.96. The fraction of sp³-hybridized carbons (Fsp3) is 0.778. The highest BCUT2D eigenvalue weighted by Gasteiger charge is 2.35. The molecule has 3 N–H and O–H groups in total. The minimum Gasteiger partial charge on any atom is -0.442 e. The number of ketones is 1. The van der Waals surface area contributed by atoms with E-state index in [1.54, 1.807) is 13.8 Å². The molecule has 0 bridgehead atoms. The van der Waals surface area contributed by atoms with Crippen LogP contribution in [-0.4, -0.2) is 17.5 Å². The minimum atomic E-state index is -0.775. The van der Waals surface area contributed by atoms with Crippen LogP contribution in [0.15, 0.2) is 0 Å². The number of hydrogen-bond donors (Lipinski definition) is 2. The first-order valence-electron chi connectivity index (χ1n) is 4.67. The molecular formula is C9H16N2O3. The van der Waals surface area contributed by atoms with Crippen LogP contribution in [0, 0.1) is 5.92 Å². The van der Waals surface area contributed by atoms with E-state index in [2.05, 4.69) is 0 Å². The van der Waals surface area contributed by atoms with Crippen molar-refractivity contribution in [2.75, 3.05) is 0 Å². The molecule has 0 heterocycles. The van der Waals surface area contributed by atoms with Gasteiger partial charge in [0.2, 0.25) is 0 Å². The van der Waals surface area contributed by atoms with Gasteiger partial charge in [-0.2, -0.15) is 0 Å². The molecule has 0 radical (unpaired) electrons. The van der Waals surface area contributed by atoms with E-state index in [1.807, 2.05) is 5.43 Å². The first-order valence-corrected chi connectivity index (χ1v) is 4.67. The molecule has 0 aromatic carbocycles. The summed E-state index contributed by atoms with van der Waals surface area (Å²) in [5, 5.41) is 0. The van der Waals surface area contributed by atoms with Crippen LogP contribution < -0.4 is 11.3 Å². The number of carbonyl (C=O) groups is 2. The van der Waals surface area contributed by atoms with Gasteiger partial charge in [0.15, 0.2) is 0 Å². The van der Waals surface area contributed by atoms with Crippen molar-refractivity contribution < 1.29 is 14.3 Å². The molecule has 1 aliphatic rings. The van der Waals surface area contributed by atoms with Gasteiger partial charge in [0.25, 0.3) is 0 Å². The van der Waals surface area contributed by atoms with Crippen LogP contribution >= 0.6 is 0 Å². The number of carbonyl (C=O) groups excluding carboxylic acids is 2. The largest absolute Gasteiger partial charge is 0.442 e. The lowest BCUT2D eigenvalue weighted by Gasteiger charge is -2.23. The van der Waals surface area contributed by atoms with Crippen molar-refractivity contribution in [2.45, 2.75) is 38.7 Å². The maximum absolute atomic E-state index is 11.4. The predicted molar refractivity (Wildman–Crippen MR) is 50.2 cm³/mol. The highest BCUT2D eigenvalue weighted by molar-refractivity contribution is 5.84. The maximum Gasteiger partial charge on any atom is 0.421 e. The topological polar surface area (TPSA) is 81.4 Å². The van der Waals surface area contributed by atoms with Gasteiger partial charge in [-0.1, -0.05) is 0 Å². The Kier molecular flexibility index (Phi) is 3.10. The highest BCUT2D eigenvalue weighted by Crippen LogP contribution is 2.33. The summed E-state index contributed by atoms with van der Waals surface area (Å²) in [5.74, 6) is 5.23. The normalized spacial score (nSPS) is 16.2. The monoisotopic (exact) mass is 200 g/mol. The van der Waals surface area contributed by atoms with E-state index in [-0.39, 0.29) is 18.1 Å². The zero-order chi connectivity index (χ0) is 10.8. The minimum absolute atomic E-state index is 0.167. The Morgan fingerprint density at radius 1 is 1.50 bits per heavy atom. The summed E-state index contributed by atoms with van der Waals surface area (Å²) in [6.07, 6.45) is 1.49. The number of rotatable bonds is 4. The van der Waals surface area contributed by atoms with E-state index in [1.165, 1.54) is 0 Å². The molecule has 14 heavy (non-hydrogen) atoms. The molecule has 1 fully saturated rings. The van der Waals surface area contributed by atoms with Gasteiger partial charge >= 0.3 is 6.09 Å². The Hall–Kier alpha value is -1.10. The van der Waals surface area contributed by atoms with Gasteiger partial charge in [-0.15, -0.1) is 0 Å². The molecule has 1 aliphatic carbocycles. The third-order valence-electron chi connectivity index (χ3n) is 2.12. The van der Waals surface area contributed by atoms with Crippen LogP contribution in [0.1, 0.15) is 33.1 Å². The van der Waals surface area contributed by atoms with Gasteiger partial charge < -0.3 is 4.74 Å². The Balaban J connectivity index is 2.39. The summed E-state index contributed by atoms with van der Waals surface area (Å²) in [4.78, 5) is 22.3. The fourth-order valence-corrected chi connectivity index (χ4v) is 1.29. The predicted octanol–water partition coefficient (Wildman–Crippen LogP) is 0.734. The lowest BCUT2D eigenvalue weighted by atomic mass is 9.99. The SMILES string of the molecule is CC(C)(CC(=O)C1CC1)OC(=O)NN. The van der Waals surface area contributed by atoms with Gasteiger partial charge in [0, 0.05) is 12.3 Å². The molecular weight excluding hydrogens is 184 g/mol. The lowest BCUT2D eigenvalue weighted by molar-refractivity contribution is -0.124.